The first-order chi connectivity index (χ1) is 9.81. The third kappa shape index (κ3) is 6.79. The van der Waals surface area contributed by atoms with Crippen molar-refractivity contribution in [1.29, 1.82) is 0 Å². The third-order valence-electron chi connectivity index (χ3n) is 2.61. The number of carbonyl (C=O) groups is 2. The Morgan fingerprint density at radius 1 is 1.14 bits per heavy atom. The van der Waals surface area contributed by atoms with Crippen LogP contribution in [0.3, 0.4) is 0 Å². The monoisotopic (exact) mass is 292 g/mol. The van der Waals surface area contributed by atoms with E-state index in [1.165, 1.54) is 0 Å². The molecule has 0 radical (unpaired) electrons. The zero-order chi connectivity index (χ0) is 15.9. The van der Waals surface area contributed by atoms with Crippen LogP contribution in [0.25, 0.3) is 0 Å². The molecule has 1 aromatic carbocycles. The minimum absolute atomic E-state index is 0.104. The summed E-state index contributed by atoms with van der Waals surface area (Å²) in [6, 6.07) is 6.71. The number of ether oxygens (including phenoxy) is 1. The fourth-order valence-corrected chi connectivity index (χ4v) is 1.61. The van der Waals surface area contributed by atoms with Crippen molar-refractivity contribution in [2.75, 3.05) is 11.9 Å². The minimum atomic E-state index is -0.539. The summed E-state index contributed by atoms with van der Waals surface area (Å²) in [7, 11) is 0. The molecule has 0 bridgehead atoms. The van der Waals surface area contributed by atoms with Crippen LogP contribution >= 0.6 is 0 Å². The third-order valence-corrected chi connectivity index (χ3v) is 2.61. The molecule has 5 heteroatoms. The molecule has 0 fully saturated rings. The Bertz CT molecular complexity index is 475. The molecule has 2 N–H and O–H groups in total. The van der Waals surface area contributed by atoms with Crippen molar-refractivity contribution in [3.05, 3.63) is 29.8 Å². The number of unbranched alkanes of at least 4 members (excludes halogenated alkanes) is 1. The predicted octanol–water partition coefficient (Wildman–Crippen LogP) is 3.56. The Hall–Kier alpha value is -2.04. The zero-order valence-corrected chi connectivity index (χ0v) is 13.2. The lowest BCUT2D eigenvalue weighted by atomic mass is 10.2. The molecule has 0 saturated carbocycles. The van der Waals surface area contributed by atoms with Crippen molar-refractivity contribution in [3.63, 3.8) is 0 Å². The van der Waals surface area contributed by atoms with Crippen molar-refractivity contribution in [1.82, 2.24) is 5.32 Å². The van der Waals surface area contributed by atoms with E-state index < -0.39 is 11.7 Å². The predicted molar refractivity (Wildman–Crippen MR) is 83.5 cm³/mol. The summed E-state index contributed by atoms with van der Waals surface area (Å²) < 4.78 is 5.16. The number of anilines is 1. The smallest absolute Gasteiger partial charge is 0.412 e. The molecule has 0 aliphatic rings. The molecule has 0 saturated heterocycles. The van der Waals surface area contributed by atoms with E-state index in [1.807, 2.05) is 0 Å². The number of benzene rings is 1. The van der Waals surface area contributed by atoms with Crippen LogP contribution in [-0.2, 0) is 4.74 Å². The molecule has 21 heavy (non-hydrogen) atoms. The largest absolute Gasteiger partial charge is 0.444 e. The highest BCUT2D eigenvalue weighted by molar-refractivity contribution is 5.95. The molecule has 0 spiro atoms. The Morgan fingerprint density at radius 3 is 2.29 bits per heavy atom. The summed E-state index contributed by atoms with van der Waals surface area (Å²) in [5.41, 5.74) is 0.624. The second-order valence-corrected chi connectivity index (χ2v) is 5.81. The molecule has 0 aliphatic heterocycles. The van der Waals surface area contributed by atoms with Gasteiger partial charge < -0.3 is 10.1 Å². The number of hydrogen-bond donors (Lipinski definition) is 2. The molecule has 2 amide bonds. The normalized spacial score (nSPS) is 10.9. The molecule has 1 rings (SSSR count). The second kappa shape index (κ2) is 7.67. The number of hydrogen-bond acceptors (Lipinski definition) is 3. The van der Waals surface area contributed by atoms with E-state index in [4.69, 9.17) is 4.74 Å². The van der Waals surface area contributed by atoms with Gasteiger partial charge in [-0.2, -0.15) is 0 Å². The van der Waals surface area contributed by atoms with Gasteiger partial charge in [-0.25, -0.2) is 4.79 Å². The first kappa shape index (κ1) is 17.0. The molecule has 1 aromatic rings. The van der Waals surface area contributed by atoms with Crippen LogP contribution in [0.4, 0.5) is 10.5 Å². The van der Waals surface area contributed by atoms with E-state index in [0.717, 1.165) is 12.8 Å². The van der Waals surface area contributed by atoms with E-state index in [2.05, 4.69) is 17.6 Å². The number of rotatable bonds is 5. The van der Waals surface area contributed by atoms with Gasteiger partial charge >= 0.3 is 6.09 Å². The van der Waals surface area contributed by atoms with Crippen LogP contribution in [-0.4, -0.2) is 24.1 Å². The highest BCUT2D eigenvalue weighted by Gasteiger charge is 2.16. The lowest BCUT2D eigenvalue weighted by molar-refractivity contribution is 0.0635. The van der Waals surface area contributed by atoms with Gasteiger partial charge in [0, 0.05) is 17.8 Å². The van der Waals surface area contributed by atoms with Crippen molar-refractivity contribution in [2.24, 2.45) is 0 Å². The van der Waals surface area contributed by atoms with Crippen LogP contribution in [0.15, 0.2) is 24.3 Å². The maximum Gasteiger partial charge on any atom is 0.412 e. The molecule has 0 aromatic heterocycles. The van der Waals surface area contributed by atoms with Crippen LogP contribution in [0, 0.1) is 0 Å². The van der Waals surface area contributed by atoms with Gasteiger partial charge in [0.05, 0.1) is 0 Å². The quantitative estimate of drug-likeness (QED) is 0.815. The average Bonchev–Trinajstić information content (AvgIpc) is 2.37. The van der Waals surface area contributed by atoms with Gasteiger partial charge in [-0.15, -0.1) is 0 Å². The molecular formula is C16H24N2O3. The lowest BCUT2D eigenvalue weighted by Gasteiger charge is -2.19. The highest BCUT2D eigenvalue weighted by atomic mass is 16.6. The summed E-state index contributed by atoms with van der Waals surface area (Å²) in [5.74, 6) is -0.104. The molecule has 5 nitrogen and oxygen atoms in total. The van der Waals surface area contributed by atoms with Crippen molar-refractivity contribution in [3.8, 4) is 0 Å². The van der Waals surface area contributed by atoms with Crippen LogP contribution in [0.5, 0.6) is 0 Å². The van der Waals surface area contributed by atoms with Crippen molar-refractivity contribution >= 4 is 17.7 Å². The highest BCUT2D eigenvalue weighted by Crippen LogP contribution is 2.13. The van der Waals surface area contributed by atoms with E-state index in [0.29, 0.717) is 17.8 Å². The summed E-state index contributed by atoms with van der Waals surface area (Å²) in [6.45, 7) is 8.15. The molecule has 0 aliphatic carbocycles. The van der Waals surface area contributed by atoms with E-state index in [-0.39, 0.29) is 5.91 Å². The van der Waals surface area contributed by atoms with E-state index in [9.17, 15) is 9.59 Å². The van der Waals surface area contributed by atoms with Gasteiger partial charge in [0.2, 0.25) is 0 Å². The summed E-state index contributed by atoms with van der Waals surface area (Å²) in [4.78, 5) is 23.4. The maximum absolute atomic E-state index is 11.8. The van der Waals surface area contributed by atoms with Crippen LogP contribution in [0.2, 0.25) is 0 Å². The number of carbonyl (C=O) groups excluding carboxylic acids is 2. The van der Waals surface area contributed by atoms with Crippen molar-refractivity contribution in [2.45, 2.75) is 46.1 Å². The van der Waals surface area contributed by atoms with E-state index in [1.54, 1.807) is 45.0 Å². The summed E-state index contributed by atoms with van der Waals surface area (Å²) in [6.07, 6.45) is 1.49. The Kier molecular flexibility index (Phi) is 6.21. The molecule has 0 unspecified atom stereocenters. The molecule has 116 valence electrons. The minimum Gasteiger partial charge on any atom is -0.444 e. The van der Waals surface area contributed by atoms with Crippen molar-refractivity contribution < 1.29 is 14.3 Å². The summed E-state index contributed by atoms with van der Waals surface area (Å²) >= 11 is 0. The van der Waals surface area contributed by atoms with Crippen LogP contribution in [0.1, 0.15) is 50.9 Å². The molecule has 0 atom stereocenters. The first-order valence-electron chi connectivity index (χ1n) is 7.20. The topological polar surface area (TPSA) is 67.4 Å². The fraction of sp³-hybridized carbons (Fsp3) is 0.500. The molecular weight excluding hydrogens is 268 g/mol. The maximum atomic E-state index is 11.8. The Morgan fingerprint density at radius 2 is 1.76 bits per heavy atom. The number of amides is 2. The Labute approximate surface area is 126 Å². The second-order valence-electron chi connectivity index (χ2n) is 5.81. The molecule has 0 heterocycles. The van der Waals surface area contributed by atoms with Gasteiger partial charge in [-0.1, -0.05) is 13.3 Å². The first-order valence-corrected chi connectivity index (χ1v) is 7.20. The van der Waals surface area contributed by atoms with Gasteiger partial charge in [-0.05, 0) is 51.5 Å². The number of nitrogens with one attached hydrogen (secondary N) is 2. The lowest BCUT2D eigenvalue weighted by Crippen LogP contribution is -2.27. The van der Waals surface area contributed by atoms with Gasteiger partial charge in [0.15, 0.2) is 0 Å². The average molecular weight is 292 g/mol. The van der Waals surface area contributed by atoms with E-state index >= 15 is 0 Å². The van der Waals surface area contributed by atoms with Gasteiger partial charge in [-0.3, -0.25) is 10.1 Å². The summed E-state index contributed by atoms with van der Waals surface area (Å²) in [5, 5.41) is 5.46. The van der Waals surface area contributed by atoms with Gasteiger partial charge in [0.25, 0.3) is 5.91 Å². The SMILES string of the molecule is CCCCNC(=O)c1ccc(NC(=O)OC(C)(C)C)cc1. The standard InChI is InChI=1S/C16H24N2O3/c1-5-6-11-17-14(19)12-7-9-13(10-8-12)18-15(20)21-16(2,3)4/h7-10H,5-6,11H2,1-4H3,(H,17,19)(H,18,20). The fourth-order valence-electron chi connectivity index (χ4n) is 1.61. The van der Waals surface area contributed by atoms with Crippen LogP contribution < -0.4 is 10.6 Å². The Balaban J connectivity index is 2.54. The zero-order valence-electron chi connectivity index (χ0n) is 13.2. The van der Waals surface area contributed by atoms with Gasteiger partial charge in [0.1, 0.15) is 5.60 Å².